The molecule has 0 aromatic heterocycles. The monoisotopic (exact) mass is 242 g/mol. The average Bonchev–Trinajstić information content (AvgIpc) is 2.11. The molecule has 2 rings (SSSR count). The fourth-order valence-corrected chi connectivity index (χ4v) is 2.79. The van der Waals surface area contributed by atoms with Gasteiger partial charge in [-0.3, -0.25) is 0 Å². The van der Waals surface area contributed by atoms with E-state index in [0.717, 1.165) is 5.56 Å². The van der Waals surface area contributed by atoms with Crippen LogP contribution in [-0.4, -0.2) is 21.3 Å². The molecule has 1 aliphatic rings. The van der Waals surface area contributed by atoms with Gasteiger partial charge in [-0.1, -0.05) is 17.7 Å². The number of hydrogen-bond acceptors (Lipinski definition) is 4. The van der Waals surface area contributed by atoms with Crippen molar-refractivity contribution in [1.29, 1.82) is 0 Å². The number of ether oxygens (including phenoxy) is 1. The second kappa shape index (κ2) is 4.16. The van der Waals surface area contributed by atoms with Crippen LogP contribution in [0.2, 0.25) is 0 Å². The van der Waals surface area contributed by atoms with Gasteiger partial charge in [0.25, 0.3) is 10.1 Å². The van der Waals surface area contributed by atoms with Gasteiger partial charge in [-0.2, -0.15) is 8.42 Å². The summed E-state index contributed by atoms with van der Waals surface area (Å²) >= 11 is 0. The Balaban J connectivity index is 2.27. The van der Waals surface area contributed by atoms with Crippen LogP contribution in [0.5, 0.6) is 0 Å². The zero-order valence-electron chi connectivity index (χ0n) is 9.26. The largest absolute Gasteiger partial charge is 0.351 e. The summed E-state index contributed by atoms with van der Waals surface area (Å²) in [6, 6.07) is 5.14. The van der Waals surface area contributed by atoms with Crippen LogP contribution in [0.25, 0.3) is 0 Å². The maximum atomic E-state index is 11.9. The average molecular weight is 242 g/mol. The minimum atomic E-state index is -3.69. The molecule has 1 aliphatic heterocycles. The van der Waals surface area contributed by atoms with Crippen LogP contribution in [0, 0.1) is 13.8 Å². The molecule has 0 spiro atoms. The van der Waals surface area contributed by atoms with Gasteiger partial charge >= 0.3 is 0 Å². The number of rotatable bonds is 3. The van der Waals surface area contributed by atoms with Crippen molar-refractivity contribution in [3.8, 4) is 0 Å². The minimum Gasteiger partial charge on any atom is -0.351 e. The van der Waals surface area contributed by atoms with E-state index < -0.39 is 16.4 Å². The van der Waals surface area contributed by atoms with Crippen LogP contribution in [0.4, 0.5) is 0 Å². The van der Waals surface area contributed by atoms with E-state index >= 15 is 0 Å². The van der Waals surface area contributed by atoms with Crippen LogP contribution in [-0.2, 0) is 19.0 Å². The van der Waals surface area contributed by atoms with Gasteiger partial charge < -0.3 is 4.74 Å². The molecule has 88 valence electrons. The van der Waals surface area contributed by atoms with Crippen LogP contribution < -0.4 is 0 Å². The molecule has 4 nitrogen and oxygen atoms in total. The van der Waals surface area contributed by atoms with Crippen molar-refractivity contribution in [2.45, 2.75) is 31.5 Å². The SMILES string of the molecule is Cc1ccc(S(=O)(=O)O[C@H]2CCO2)c(C)c1. The van der Waals surface area contributed by atoms with Gasteiger partial charge in [0.1, 0.15) is 0 Å². The Morgan fingerprint density at radius 1 is 1.38 bits per heavy atom. The summed E-state index contributed by atoms with van der Waals surface area (Å²) in [6.07, 6.45) is 0.0233. The van der Waals surface area contributed by atoms with Crippen molar-refractivity contribution in [2.75, 3.05) is 6.61 Å². The van der Waals surface area contributed by atoms with E-state index in [2.05, 4.69) is 0 Å². The predicted octanol–water partition coefficient (Wildman–Crippen LogP) is 1.76. The van der Waals surface area contributed by atoms with E-state index in [4.69, 9.17) is 8.92 Å². The molecule has 1 aromatic rings. The fourth-order valence-electron chi connectivity index (χ4n) is 1.56. The normalized spacial score (nSPS) is 20.5. The lowest BCUT2D eigenvalue weighted by atomic mass is 10.2. The lowest BCUT2D eigenvalue weighted by Gasteiger charge is -2.25. The van der Waals surface area contributed by atoms with Gasteiger partial charge in [-0.05, 0) is 25.5 Å². The van der Waals surface area contributed by atoms with E-state index in [1.165, 1.54) is 0 Å². The summed E-state index contributed by atoms with van der Waals surface area (Å²) in [7, 11) is -3.69. The molecule has 0 saturated carbocycles. The molecule has 1 saturated heterocycles. The lowest BCUT2D eigenvalue weighted by molar-refractivity contribution is -0.162. The predicted molar refractivity (Wildman–Crippen MR) is 58.5 cm³/mol. The Kier molecular flexibility index (Phi) is 3.01. The second-order valence-electron chi connectivity index (χ2n) is 3.91. The number of hydrogen-bond donors (Lipinski definition) is 0. The highest BCUT2D eigenvalue weighted by Gasteiger charge is 2.28. The standard InChI is InChI=1S/C11H14O4S/c1-8-3-4-10(9(2)7-8)16(12,13)15-11-5-6-14-11/h3-4,7,11H,5-6H2,1-2H3/t11-/m0/s1. The smallest absolute Gasteiger partial charge is 0.299 e. The fraction of sp³-hybridized carbons (Fsp3) is 0.455. The molecule has 16 heavy (non-hydrogen) atoms. The number of benzene rings is 1. The molecule has 0 unspecified atom stereocenters. The molecule has 5 heteroatoms. The Hall–Kier alpha value is -0.910. The quantitative estimate of drug-likeness (QED) is 0.758. The van der Waals surface area contributed by atoms with E-state index in [0.29, 0.717) is 18.6 Å². The Labute approximate surface area is 95.3 Å². The van der Waals surface area contributed by atoms with Gasteiger partial charge in [0, 0.05) is 6.42 Å². The highest BCUT2D eigenvalue weighted by molar-refractivity contribution is 7.86. The van der Waals surface area contributed by atoms with Crippen LogP contribution in [0.3, 0.4) is 0 Å². The first kappa shape index (κ1) is 11.6. The first-order valence-corrected chi connectivity index (χ1v) is 6.52. The van der Waals surface area contributed by atoms with Crippen molar-refractivity contribution in [1.82, 2.24) is 0 Å². The highest BCUT2D eigenvalue weighted by Crippen LogP contribution is 2.23. The maximum absolute atomic E-state index is 11.9. The molecule has 1 heterocycles. The van der Waals surface area contributed by atoms with Gasteiger partial charge in [-0.25, -0.2) is 4.18 Å². The maximum Gasteiger partial charge on any atom is 0.299 e. The lowest BCUT2D eigenvalue weighted by Crippen LogP contribution is -2.32. The summed E-state index contributed by atoms with van der Waals surface area (Å²) in [5.41, 5.74) is 1.72. The molecule has 0 N–H and O–H groups in total. The zero-order valence-corrected chi connectivity index (χ0v) is 10.1. The van der Waals surface area contributed by atoms with E-state index in [9.17, 15) is 8.42 Å². The Morgan fingerprint density at radius 3 is 2.56 bits per heavy atom. The summed E-state index contributed by atoms with van der Waals surface area (Å²) < 4.78 is 33.6. The Bertz CT molecular complexity index is 489. The van der Waals surface area contributed by atoms with Crippen LogP contribution >= 0.6 is 0 Å². The molecule has 0 radical (unpaired) electrons. The summed E-state index contributed by atoms with van der Waals surface area (Å²) in [4.78, 5) is 0.216. The zero-order chi connectivity index (χ0) is 11.8. The molecule has 0 bridgehead atoms. The second-order valence-corrected chi connectivity index (χ2v) is 5.45. The van der Waals surface area contributed by atoms with Crippen molar-refractivity contribution >= 4 is 10.1 Å². The van der Waals surface area contributed by atoms with E-state index in [1.54, 1.807) is 19.1 Å². The van der Waals surface area contributed by atoms with Crippen molar-refractivity contribution < 1.29 is 17.3 Å². The van der Waals surface area contributed by atoms with E-state index in [1.807, 2.05) is 13.0 Å². The van der Waals surface area contributed by atoms with Gasteiger partial charge in [0.15, 0.2) is 6.29 Å². The third-order valence-electron chi connectivity index (χ3n) is 2.49. The molecule has 0 aliphatic carbocycles. The van der Waals surface area contributed by atoms with E-state index in [-0.39, 0.29) is 4.90 Å². The third-order valence-corrected chi connectivity index (χ3v) is 3.96. The minimum absolute atomic E-state index is 0.216. The van der Waals surface area contributed by atoms with Gasteiger partial charge in [-0.15, -0.1) is 0 Å². The molecule has 0 amide bonds. The van der Waals surface area contributed by atoms with Crippen molar-refractivity contribution in [3.63, 3.8) is 0 Å². The molecule has 1 aromatic carbocycles. The van der Waals surface area contributed by atoms with Crippen molar-refractivity contribution in [3.05, 3.63) is 29.3 Å². The molecular weight excluding hydrogens is 228 g/mol. The Morgan fingerprint density at radius 2 is 2.06 bits per heavy atom. The third kappa shape index (κ3) is 2.26. The summed E-state index contributed by atoms with van der Waals surface area (Å²) in [6.45, 7) is 4.23. The summed E-state index contributed by atoms with van der Waals surface area (Å²) in [5.74, 6) is 0. The molecule has 1 atom stereocenters. The molecule has 1 fully saturated rings. The van der Waals surface area contributed by atoms with Crippen LogP contribution in [0.1, 0.15) is 17.5 Å². The van der Waals surface area contributed by atoms with Gasteiger partial charge in [0.05, 0.1) is 11.5 Å². The van der Waals surface area contributed by atoms with Gasteiger partial charge in [0.2, 0.25) is 0 Å². The van der Waals surface area contributed by atoms with Crippen molar-refractivity contribution in [2.24, 2.45) is 0 Å². The highest BCUT2D eigenvalue weighted by atomic mass is 32.2. The topological polar surface area (TPSA) is 52.6 Å². The first-order valence-electron chi connectivity index (χ1n) is 5.11. The first-order chi connectivity index (χ1) is 7.49. The molecular formula is C11H14O4S. The number of aryl methyl sites for hydroxylation is 2. The summed E-state index contributed by atoms with van der Waals surface area (Å²) in [5, 5.41) is 0. The van der Waals surface area contributed by atoms with Crippen LogP contribution in [0.15, 0.2) is 23.1 Å².